The van der Waals surface area contributed by atoms with Crippen molar-refractivity contribution in [2.24, 2.45) is 0 Å². The summed E-state index contributed by atoms with van der Waals surface area (Å²) in [6.45, 7) is 4.43. The van der Waals surface area contributed by atoms with E-state index in [0.29, 0.717) is 17.4 Å². The Bertz CT molecular complexity index is 1510. The Hall–Kier alpha value is -3.36. The summed E-state index contributed by atoms with van der Waals surface area (Å²) in [5.41, 5.74) is 0. The van der Waals surface area contributed by atoms with Crippen LogP contribution in [0, 0.1) is 0 Å². The molecule has 0 saturated carbocycles. The van der Waals surface area contributed by atoms with Gasteiger partial charge in [-0.2, -0.15) is 0 Å². The van der Waals surface area contributed by atoms with E-state index in [-0.39, 0.29) is 18.9 Å². The fourth-order valence-corrected chi connectivity index (χ4v) is 6.89. The number of amides is 1. The third-order valence-electron chi connectivity index (χ3n) is 10.1. The van der Waals surface area contributed by atoms with Crippen LogP contribution >= 0.6 is 7.82 Å². The van der Waals surface area contributed by atoms with Gasteiger partial charge in [-0.05, 0) is 96.3 Å². The van der Waals surface area contributed by atoms with Crippen molar-refractivity contribution >= 4 is 13.7 Å². The van der Waals surface area contributed by atoms with E-state index < -0.39 is 26.6 Å². The Morgan fingerprint density at radius 3 is 1.43 bits per heavy atom. The van der Waals surface area contributed by atoms with Crippen molar-refractivity contribution in [3.8, 4) is 0 Å². The second-order valence-electron chi connectivity index (χ2n) is 17.4. The van der Waals surface area contributed by atoms with Crippen LogP contribution in [0.5, 0.6) is 0 Å². The molecule has 8 nitrogen and oxygen atoms in total. The molecular formula is C56H93N2O6P. The molecule has 368 valence electrons. The maximum absolute atomic E-state index is 12.9. The zero-order chi connectivity index (χ0) is 47.8. The number of hydrogen-bond acceptors (Lipinski definition) is 6. The van der Waals surface area contributed by atoms with Gasteiger partial charge in [0.1, 0.15) is 13.2 Å². The summed E-state index contributed by atoms with van der Waals surface area (Å²) in [5, 5.41) is 13.7. The molecule has 0 fully saturated rings. The summed E-state index contributed by atoms with van der Waals surface area (Å²) < 4.78 is 23.2. The summed E-state index contributed by atoms with van der Waals surface area (Å²) in [5.74, 6) is -0.272. The number of aliphatic hydroxyl groups excluding tert-OH is 1. The van der Waals surface area contributed by atoms with Crippen molar-refractivity contribution in [3.63, 3.8) is 0 Å². The van der Waals surface area contributed by atoms with Gasteiger partial charge < -0.3 is 28.8 Å². The molecule has 9 heteroatoms. The van der Waals surface area contributed by atoms with E-state index in [4.69, 9.17) is 9.05 Å². The summed E-state index contributed by atoms with van der Waals surface area (Å²) >= 11 is 0. The minimum absolute atomic E-state index is 0.0254. The number of unbranched alkanes of at least 4 members (excludes halogenated alkanes) is 10. The van der Waals surface area contributed by atoms with Gasteiger partial charge in [-0.3, -0.25) is 9.36 Å². The highest BCUT2D eigenvalue weighted by atomic mass is 31.2. The van der Waals surface area contributed by atoms with Gasteiger partial charge in [-0.25, -0.2) is 0 Å². The third-order valence-corrected chi connectivity index (χ3v) is 11.1. The van der Waals surface area contributed by atoms with Crippen LogP contribution in [-0.2, 0) is 18.4 Å². The number of allylic oxidation sites excluding steroid dienone is 21. The van der Waals surface area contributed by atoms with E-state index in [1.54, 1.807) is 6.08 Å². The number of likely N-dealkylation sites (N-methyl/N-ethyl adjacent to an activating group) is 1. The fraction of sp³-hybridized carbons (Fsp3) is 0.589. The highest BCUT2D eigenvalue weighted by Crippen LogP contribution is 2.38. The van der Waals surface area contributed by atoms with Crippen LogP contribution in [0.2, 0.25) is 0 Å². The van der Waals surface area contributed by atoms with E-state index in [9.17, 15) is 19.4 Å². The topological polar surface area (TPSA) is 108 Å². The smallest absolute Gasteiger partial charge is 0.268 e. The average Bonchev–Trinajstić information content (AvgIpc) is 3.26. The first kappa shape index (κ1) is 61.6. The Morgan fingerprint density at radius 1 is 0.554 bits per heavy atom. The summed E-state index contributed by atoms with van der Waals surface area (Å²) in [4.78, 5) is 25.3. The standard InChI is InChI=1S/C56H93N2O6P/c1-6-8-10-12-14-16-18-20-22-23-24-25-26-27-28-29-30-31-32-33-34-35-36-38-40-42-44-46-48-50-56(60)57-54(53-64-65(61,62)63-52-51-58(3,4)5)55(59)49-47-45-43-41-39-37-21-19-17-15-13-11-9-7-2/h8,10,14,16,20,22,24-25,27-28,30-31,33-34,36,38-39,41-42,44,47,49,54-55,59H,6-7,9,11-13,15,17-19,21,23,26,29,32,35,37,40,43,45-46,48,50-53H2,1-5H3,(H-,57,60,61,62)/b10-8-,16-14-,22-20-,25-24-,28-27-,31-30-,34-33-,38-36-,41-39+,44-42-,49-47+. The molecular weight excluding hydrogens is 828 g/mol. The molecule has 0 aliphatic rings. The highest BCUT2D eigenvalue weighted by Gasteiger charge is 2.23. The lowest BCUT2D eigenvalue weighted by Crippen LogP contribution is -2.45. The molecule has 2 N–H and O–H groups in total. The first-order valence-electron chi connectivity index (χ1n) is 25.0. The van der Waals surface area contributed by atoms with Gasteiger partial charge in [0.15, 0.2) is 0 Å². The monoisotopic (exact) mass is 921 g/mol. The zero-order valence-electron chi connectivity index (χ0n) is 41.6. The first-order valence-corrected chi connectivity index (χ1v) is 26.5. The van der Waals surface area contributed by atoms with Gasteiger partial charge >= 0.3 is 0 Å². The van der Waals surface area contributed by atoms with Gasteiger partial charge in [0, 0.05) is 6.42 Å². The minimum atomic E-state index is -4.62. The summed E-state index contributed by atoms with van der Waals surface area (Å²) in [6, 6.07) is -0.944. The molecule has 65 heavy (non-hydrogen) atoms. The average molecular weight is 921 g/mol. The highest BCUT2D eigenvalue weighted by molar-refractivity contribution is 7.45. The SMILES string of the molecule is CC/C=C\C/C=C\C/C=C\C/C=C\C/C=C\C/C=C\C/C=C\C/C=C\C/C=C\CCCC(=O)NC(COP(=O)([O-])OCC[N+](C)(C)C)C(O)/C=C/CC/C=C/CCCCCCCCCC. The quantitative estimate of drug-likeness (QED) is 0.0273. The van der Waals surface area contributed by atoms with Crippen molar-refractivity contribution in [3.05, 3.63) is 134 Å². The fourth-order valence-electron chi connectivity index (χ4n) is 6.17. The number of aliphatic hydroxyl groups is 1. The molecule has 0 heterocycles. The predicted molar refractivity (Wildman–Crippen MR) is 278 cm³/mol. The number of nitrogens with zero attached hydrogens (tertiary/aromatic N) is 1. The van der Waals surface area contributed by atoms with Crippen molar-refractivity contribution in [2.45, 2.75) is 174 Å². The summed E-state index contributed by atoms with van der Waals surface area (Å²) in [7, 11) is 1.18. The zero-order valence-corrected chi connectivity index (χ0v) is 42.5. The maximum atomic E-state index is 12.9. The van der Waals surface area contributed by atoms with Gasteiger partial charge in [-0.1, -0.05) is 192 Å². The molecule has 0 aromatic heterocycles. The number of carbonyl (C=O) groups is 1. The van der Waals surface area contributed by atoms with Crippen molar-refractivity contribution in [1.29, 1.82) is 0 Å². The van der Waals surface area contributed by atoms with Crippen LogP contribution in [0.4, 0.5) is 0 Å². The van der Waals surface area contributed by atoms with Gasteiger partial charge in [-0.15, -0.1) is 0 Å². The largest absolute Gasteiger partial charge is 0.756 e. The lowest BCUT2D eigenvalue weighted by Gasteiger charge is -2.29. The Morgan fingerprint density at radius 2 is 0.954 bits per heavy atom. The number of quaternary nitrogens is 1. The molecule has 0 bridgehead atoms. The number of rotatable bonds is 43. The van der Waals surface area contributed by atoms with Crippen LogP contribution in [0.25, 0.3) is 0 Å². The molecule has 0 aliphatic heterocycles. The number of nitrogens with one attached hydrogen (secondary N) is 1. The second kappa shape index (κ2) is 45.8. The van der Waals surface area contributed by atoms with Gasteiger partial charge in [0.25, 0.3) is 7.82 Å². The molecule has 0 aliphatic carbocycles. The lowest BCUT2D eigenvalue weighted by molar-refractivity contribution is -0.870. The lowest BCUT2D eigenvalue weighted by atomic mass is 10.1. The van der Waals surface area contributed by atoms with E-state index >= 15 is 0 Å². The van der Waals surface area contributed by atoms with E-state index in [0.717, 1.165) is 83.5 Å². The molecule has 0 rings (SSSR count). The normalized spacial score (nSPS) is 15.2. The Kier molecular flexibility index (Phi) is 43.4. The first-order chi connectivity index (χ1) is 31.5. The molecule has 0 aromatic carbocycles. The summed E-state index contributed by atoms with van der Waals surface area (Å²) in [6.07, 6.45) is 69.5. The second-order valence-corrected chi connectivity index (χ2v) is 18.8. The van der Waals surface area contributed by atoms with E-state index in [1.807, 2.05) is 27.2 Å². The number of carbonyl (C=O) groups excluding carboxylic acids is 1. The molecule has 0 aromatic rings. The van der Waals surface area contributed by atoms with Crippen molar-refractivity contribution in [2.75, 3.05) is 40.9 Å². The van der Waals surface area contributed by atoms with Crippen LogP contribution in [-0.4, -0.2) is 68.5 Å². The molecule has 3 unspecified atom stereocenters. The Labute approximate surface area is 398 Å². The molecule has 1 amide bonds. The van der Waals surface area contributed by atoms with Gasteiger partial charge in [0.2, 0.25) is 5.91 Å². The number of hydrogen-bond donors (Lipinski definition) is 2. The van der Waals surface area contributed by atoms with Crippen LogP contribution < -0.4 is 10.2 Å². The van der Waals surface area contributed by atoms with E-state index in [1.165, 1.54) is 51.4 Å². The molecule has 0 saturated heterocycles. The van der Waals surface area contributed by atoms with Crippen LogP contribution in [0.15, 0.2) is 134 Å². The third kappa shape index (κ3) is 48.4. The number of phosphoric acid groups is 1. The van der Waals surface area contributed by atoms with Crippen molar-refractivity contribution < 1.29 is 32.9 Å². The predicted octanol–water partition coefficient (Wildman–Crippen LogP) is 14.2. The minimum Gasteiger partial charge on any atom is -0.756 e. The molecule has 0 radical (unpaired) electrons. The molecule has 0 spiro atoms. The van der Waals surface area contributed by atoms with Crippen molar-refractivity contribution in [1.82, 2.24) is 5.32 Å². The van der Waals surface area contributed by atoms with Crippen LogP contribution in [0.1, 0.15) is 162 Å². The maximum Gasteiger partial charge on any atom is 0.268 e. The van der Waals surface area contributed by atoms with Gasteiger partial charge in [0.05, 0.1) is 39.9 Å². The van der Waals surface area contributed by atoms with Crippen LogP contribution in [0.3, 0.4) is 0 Å². The number of phosphoric ester groups is 1. The Balaban J connectivity index is 4.47. The van der Waals surface area contributed by atoms with E-state index in [2.05, 4.69) is 141 Å². The molecule has 3 atom stereocenters.